The largest absolute Gasteiger partial charge is 0.380 e. The molecule has 0 aliphatic carbocycles. The van der Waals surface area contributed by atoms with Crippen LogP contribution in [0.2, 0.25) is 0 Å². The van der Waals surface area contributed by atoms with Crippen LogP contribution in [0.1, 0.15) is 25.0 Å². The fraction of sp³-hybridized carbons (Fsp3) is 0.600. The standard InChI is InChI=1S/C15H26N2O3S/c1-5-17(9-10-20-6-2)21(18,19)15-11-14(12-16-4)8-7-13(15)3/h7-8,11,16H,5-6,9-10,12H2,1-4H3. The smallest absolute Gasteiger partial charge is 0.243 e. The van der Waals surface area contributed by atoms with Crippen LogP contribution in [0.25, 0.3) is 0 Å². The number of ether oxygens (including phenoxy) is 1. The highest BCUT2D eigenvalue weighted by Gasteiger charge is 2.24. The quantitative estimate of drug-likeness (QED) is 0.706. The van der Waals surface area contributed by atoms with Crippen molar-refractivity contribution in [3.8, 4) is 0 Å². The molecule has 0 fully saturated rings. The molecular formula is C15H26N2O3S. The molecule has 0 unspecified atom stereocenters. The molecule has 5 nitrogen and oxygen atoms in total. The van der Waals surface area contributed by atoms with Crippen molar-refractivity contribution in [2.75, 3.05) is 33.4 Å². The van der Waals surface area contributed by atoms with Crippen molar-refractivity contribution in [2.24, 2.45) is 0 Å². The number of nitrogens with one attached hydrogen (secondary N) is 1. The summed E-state index contributed by atoms with van der Waals surface area (Å²) in [6, 6.07) is 5.56. The molecule has 0 bridgehead atoms. The molecular weight excluding hydrogens is 288 g/mol. The van der Waals surface area contributed by atoms with E-state index in [0.29, 0.717) is 37.7 Å². The molecule has 1 aromatic carbocycles. The van der Waals surface area contributed by atoms with Crippen molar-refractivity contribution in [1.82, 2.24) is 9.62 Å². The third-order valence-electron chi connectivity index (χ3n) is 3.29. The SMILES string of the molecule is CCOCCN(CC)S(=O)(=O)c1cc(CNC)ccc1C. The van der Waals surface area contributed by atoms with Crippen molar-refractivity contribution in [1.29, 1.82) is 0 Å². The molecule has 0 amide bonds. The van der Waals surface area contributed by atoms with Crippen molar-refractivity contribution in [2.45, 2.75) is 32.2 Å². The maximum absolute atomic E-state index is 12.8. The lowest BCUT2D eigenvalue weighted by molar-refractivity contribution is 0.135. The number of hydrogen-bond acceptors (Lipinski definition) is 4. The molecule has 1 N–H and O–H groups in total. The molecule has 0 atom stereocenters. The first-order valence-electron chi connectivity index (χ1n) is 7.29. The molecule has 6 heteroatoms. The van der Waals surface area contributed by atoms with Crippen molar-refractivity contribution in [3.63, 3.8) is 0 Å². The Balaban J connectivity index is 3.06. The third kappa shape index (κ3) is 4.78. The molecule has 120 valence electrons. The first-order valence-corrected chi connectivity index (χ1v) is 8.73. The number of nitrogens with zero attached hydrogens (tertiary/aromatic N) is 1. The monoisotopic (exact) mass is 314 g/mol. The minimum absolute atomic E-state index is 0.377. The highest BCUT2D eigenvalue weighted by molar-refractivity contribution is 7.89. The molecule has 0 radical (unpaired) electrons. The summed E-state index contributed by atoms with van der Waals surface area (Å²) < 4.78 is 32.3. The summed E-state index contributed by atoms with van der Waals surface area (Å²) >= 11 is 0. The Bertz CT molecular complexity index is 544. The first-order chi connectivity index (χ1) is 9.97. The zero-order valence-corrected chi connectivity index (χ0v) is 14.2. The second kappa shape index (κ2) is 8.48. The van der Waals surface area contributed by atoms with Crippen LogP contribution in [0.4, 0.5) is 0 Å². The lowest BCUT2D eigenvalue weighted by atomic mass is 10.1. The van der Waals surface area contributed by atoms with Crippen LogP contribution < -0.4 is 5.32 Å². The van der Waals surface area contributed by atoms with Crippen LogP contribution in [0, 0.1) is 6.92 Å². The lowest BCUT2D eigenvalue weighted by Crippen LogP contribution is -2.34. The van der Waals surface area contributed by atoms with Gasteiger partial charge in [-0.2, -0.15) is 4.31 Å². The van der Waals surface area contributed by atoms with Crippen molar-refractivity contribution >= 4 is 10.0 Å². The zero-order valence-electron chi connectivity index (χ0n) is 13.3. The maximum atomic E-state index is 12.8. The van der Waals surface area contributed by atoms with Gasteiger partial charge in [0.15, 0.2) is 0 Å². The molecule has 0 saturated heterocycles. The highest BCUT2D eigenvalue weighted by atomic mass is 32.2. The summed E-state index contributed by atoms with van der Waals surface area (Å²) in [5.41, 5.74) is 1.73. The summed E-state index contributed by atoms with van der Waals surface area (Å²) in [5, 5.41) is 3.04. The fourth-order valence-corrected chi connectivity index (χ4v) is 3.84. The van der Waals surface area contributed by atoms with E-state index in [-0.39, 0.29) is 0 Å². The topological polar surface area (TPSA) is 58.6 Å². The van der Waals surface area contributed by atoms with Gasteiger partial charge in [-0.1, -0.05) is 19.1 Å². The van der Waals surface area contributed by atoms with Gasteiger partial charge in [0, 0.05) is 26.2 Å². The van der Waals surface area contributed by atoms with Gasteiger partial charge >= 0.3 is 0 Å². The van der Waals surface area contributed by atoms with E-state index in [4.69, 9.17) is 4.74 Å². The molecule has 1 aromatic rings. The number of benzene rings is 1. The second-order valence-electron chi connectivity index (χ2n) is 4.82. The Morgan fingerprint density at radius 2 is 2.00 bits per heavy atom. The Hall–Kier alpha value is -0.950. The van der Waals surface area contributed by atoms with Crippen LogP contribution in [0.15, 0.2) is 23.1 Å². The highest BCUT2D eigenvalue weighted by Crippen LogP contribution is 2.21. The van der Waals surface area contributed by atoms with Crippen LogP contribution in [0.5, 0.6) is 0 Å². The molecule has 0 heterocycles. The molecule has 0 aliphatic rings. The number of aryl methyl sites for hydroxylation is 1. The number of likely N-dealkylation sites (N-methyl/N-ethyl adjacent to an activating group) is 1. The van der Waals surface area contributed by atoms with E-state index in [1.54, 1.807) is 6.07 Å². The summed E-state index contributed by atoms with van der Waals surface area (Å²) in [5.74, 6) is 0. The van der Waals surface area contributed by atoms with E-state index in [9.17, 15) is 8.42 Å². The van der Waals surface area contributed by atoms with Crippen LogP contribution in [-0.2, 0) is 21.3 Å². The minimum Gasteiger partial charge on any atom is -0.380 e. The Kier molecular flexibility index (Phi) is 7.31. The van der Waals surface area contributed by atoms with Gasteiger partial charge in [-0.05, 0) is 38.1 Å². The summed E-state index contributed by atoms with van der Waals surface area (Å²) in [6.45, 7) is 8.04. The van der Waals surface area contributed by atoms with Crippen molar-refractivity contribution in [3.05, 3.63) is 29.3 Å². The predicted molar refractivity (Wildman–Crippen MR) is 84.9 cm³/mol. The predicted octanol–water partition coefficient (Wildman–Crippen LogP) is 1.76. The van der Waals surface area contributed by atoms with E-state index in [1.807, 2.05) is 40.0 Å². The number of rotatable bonds is 9. The summed E-state index contributed by atoms with van der Waals surface area (Å²) in [7, 11) is -1.64. The van der Waals surface area contributed by atoms with E-state index in [1.165, 1.54) is 4.31 Å². The van der Waals surface area contributed by atoms with Gasteiger partial charge in [0.05, 0.1) is 11.5 Å². The van der Waals surface area contributed by atoms with E-state index in [2.05, 4.69) is 5.32 Å². The van der Waals surface area contributed by atoms with Gasteiger partial charge in [0.25, 0.3) is 0 Å². The molecule has 0 aromatic heterocycles. The first kappa shape index (κ1) is 18.1. The van der Waals surface area contributed by atoms with Gasteiger partial charge in [0.1, 0.15) is 0 Å². The van der Waals surface area contributed by atoms with Gasteiger partial charge in [-0.15, -0.1) is 0 Å². The van der Waals surface area contributed by atoms with E-state index < -0.39 is 10.0 Å². The lowest BCUT2D eigenvalue weighted by Gasteiger charge is -2.22. The third-order valence-corrected chi connectivity index (χ3v) is 5.41. The Morgan fingerprint density at radius 1 is 1.29 bits per heavy atom. The van der Waals surface area contributed by atoms with Gasteiger partial charge < -0.3 is 10.1 Å². The van der Waals surface area contributed by atoms with Crippen LogP contribution in [-0.4, -0.2) is 46.1 Å². The van der Waals surface area contributed by atoms with Crippen molar-refractivity contribution < 1.29 is 13.2 Å². The Labute approximate surface area is 128 Å². The molecule has 1 rings (SSSR count). The average Bonchev–Trinajstić information content (AvgIpc) is 2.45. The molecule has 0 saturated carbocycles. The minimum atomic E-state index is -3.48. The Morgan fingerprint density at radius 3 is 2.57 bits per heavy atom. The summed E-state index contributed by atoms with van der Waals surface area (Å²) in [6.07, 6.45) is 0. The van der Waals surface area contributed by atoms with Gasteiger partial charge in [-0.25, -0.2) is 8.42 Å². The van der Waals surface area contributed by atoms with Crippen LogP contribution >= 0.6 is 0 Å². The molecule has 0 spiro atoms. The average molecular weight is 314 g/mol. The normalized spacial score (nSPS) is 12.0. The molecule has 0 aliphatic heterocycles. The fourth-order valence-electron chi connectivity index (χ4n) is 2.13. The number of sulfonamides is 1. The van der Waals surface area contributed by atoms with E-state index >= 15 is 0 Å². The maximum Gasteiger partial charge on any atom is 0.243 e. The van der Waals surface area contributed by atoms with Gasteiger partial charge in [0.2, 0.25) is 10.0 Å². The molecule has 21 heavy (non-hydrogen) atoms. The zero-order chi connectivity index (χ0) is 15.9. The second-order valence-corrected chi connectivity index (χ2v) is 6.73. The number of hydrogen-bond donors (Lipinski definition) is 1. The van der Waals surface area contributed by atoms with E-state index in [0.717, 1.165) is 11.1 Å². The summed E-state index contributed by atoms with van der Waals surface area (Å²) in [4.78, 5) is 0.383. The van der Waals surface area contributed by atoms with Crippen LogP contribution in [0.3, 0.4) is 0 Å². The van der Waals surface area contributed by atoms with Gasteiger partial charge in [-0.3, -0.25) is 0 Å².